The van der Waals surface area contributed by atoms with Crippen molar-refractivity contribution in [2.24, 2.45) is 17.1 Å². The minimum Gasteiger partial charge on any atom is -0.352 e. The van der Waals surface area contributed by atoms with E-state index in [0.29, 0.717) is 18.5 Å². The summed E-state index contributed by atoms with van der Waals surface area (Å²) in [7, 11) is 0. The second kappa shape index (κ2) is 12.1. The number of amides is 1. The van der Waals surface area contributed by atoms with Gasteiger partial charge in [-0.15, -0.1) is 0 Å². The van der Waals surface area contributed by atoms with Gasteiger partial charge in [-0.25, -0.2) is 0 Å². The van der Waals surface area contributed by atoms with Crippen LogP contribution in [0.15, 0.2) is 30.3 Å². The Morgan fingerprint density at radius 3 is 2.19 bits per heavy atom. The molecule has 0 spiro atoms. The zero-order chi connectivity index (χ0) is 19.4. The van der Waals surface area contributed by atoms with Crippen molar-refractivity contribution in [2.75, 3.05) is 0 Å². The zero-order valence-corrected chi connectivity index (χ0v) is 17.4. The third-order valence-corrected chi connectivity index (χ3v) is 5.36. The summed E-state index contributed by atoms with van der Waals surface area (Å²) in [6.07, 6.45) is 9.50. The van der Waals surface area contributed by atoms with E-state index in [2.05, 4.69) is 33.0 Å². The maximum absolute atomic E-state index is 12.4. The van der Waals surface area contributed by atoms with Crippen molar-refractivity contribution >= 4 is 5.91 Å². The van der Waals surface area contributed by atoms with Crippen molar-refractivity contribution in [3.05, 3.63) is 35.9 Å². The average molecular weight is 361 g/mol. The van der Waals surface area contributed by atoms with Gasteiger partial charge in [-0.2, -0.15) is 0 Å². The molecule has 148 valence electrons. The van der Waals surface area contributed by atoms with Gasteiger partial charge in [0.1, 0.15) is 0 Å². The van der Waals surface area contributed by atoms with Gasteiger partial charge in [-0.1, -0.05) is 96.6 Å². The molecule has 1 rings (SSSR count). The SMILES string of the molecule is CC(C)C(N)CCCCCCCCC(C)(C)C(=O)NCc1ccccc1. The molecule has 0 aliphatic heterocycles. The second-order valence-electron chi connectivity index (χ2n) is 8.62. The lowest BCUT2D eigenvalue weighted by atomic mass is 9.85. The molecule has 0 bridgehead atoms. The number of unbranched alkanes of at least 4 members (excludes halogenated alkanes) is 5. The van der Waals surface area contributed by atoms with Gasteiger partial charge >= 0.3 is 0 Å². The molecule has 0 saturated heterocycles. The van der Waals surface area contributed by atoms with E-state index in [1.165, 1.54) is 32.1 Å². The van der Waals surface area contributed by atoms with Gasteiger partial charge in [0.05, 0.1) is 0 Å². The van der Waals surface area contributed by atoms with Gasteiger partial charge in [0.2, 0.25) is 5.91 Å². The lowest BCUT2D eigenvalue weighted by molar-refractivity contribution is -0.129. The molecule has 0 radical (unpaired) electrons. The molecule has 0 aliphatic rings. The highest BCUT2D eigenvalue weighted by Crippen LogP contribution is 2.24. The lowest BCUT2D eigenvalue weighted by Gasteiger charge is -2.23. The molecule has 1 atom stereocenters. The topological polar surface area (TPSA) is 55.1 Å². The van der Waals surface area contributed by atoms with Crippen LogP contribution in [0.2, 0.25) is 0 Å². The van der Waals surface area contributed by atoms with Gasteiger partial charge in [0.15, 0.2) is 0 Å². The fourth-order valence-corrected chi connectivity index (χ4v) is 3.12. The monoisotopic (exact) mass is 360 g/mol. The Balaban J connectivity index is 2.10. The smallest absolute Gasteiger partial charge is 0.225 e. The van der Waals surface area contributed by atoms with E-state index in [-0.39, 0.29) is 11.3 Å². The van der Waals surface area contributed by atoms with E-state index in [9.17, 15) is 4.79 Å². The zero-order valence-electron chi connectivity index (χ0n) is 17.4. The summed E-state index contributed by atoms with van der Waals surface area (Å²) in [6, 6.07) is 10.4. The summed E-state index contributed by atoms with van der Waals surface area (Å²) in [5.41, 5.74) is 6.93. The molecule has 0 saturated carbocycles. The van der Waals surface area contributed by atoms with Crippen molar-refractivity contribution < 1.29 is 4.79 Å². The first-order valence-corrected chi connectivity index (χ1v) is 10.4. The van der Waals surface area contributed by atoms with Crippen molar-refractivity contribution in [1.82, 2.24) is 5.32 Å². The Kier molecular flexibility index (Phi) is 10.6. The summed E-state index contributed by atoms with van der Waals surface area (Å²) < 4.78 is 0. The standard InChI is InChI=1S/C23H40N2O/c1-19(2)21(24)16-12-7-5-6-8-13-17-23(3,4)22(26)25-18-20-14-10-9-11-15-20/h9-11,14-15,19,21H,5-8,12-13,16-18,24H2,1-4H3,(H,25,26). The molecule has 26 heavy (non-hydrogen) atoms. The maximum Gasteiger partial charge on any atom is 0.225 e. The minimum absolute atomic E-state index is 0.157. The first kappa shape index (κ1) is 22.7. The Hall–Kier alpha value is -1.35. The molecule has 1 unspecified atom stereocenters. The highest BCUT2D eigenvalue weighted by molar-refractivity contribution is 5.81. The highest BCUT2D eigenvalue weighted by atomic mass is 16.2. The van der Waals surface area contributed by atoms with Gasteiger partial charge in [0, 0.05) is 18.0 Å². The molecule has 1 amide bonds. The number of carbonyl (C=O) groups excluding carboxylic acids is 1. The molecule has 1 aromatic carbocycles. The van der Waals surface area contributed by atoms with E-state index in [1.54, 1.807) is 0 Å². The maximum atomic E-state index is 12.4. The van der Waals surface area contributed by atoms with Crippen molar-refractivity contribution in [3.63, 3.8) is 0 Å². The number of hydrogen-bond donors (Lipinski definition) is 2. The van der Waals surface area contributed by atoms with E-state index >= 15 is 0 Å². The van der Waals surface area contributed by atoms with Crippen LogP contribution in [0.3, 0.4) is 0 Å². The highest BCUT2D eigenvalue weighted by Gasteiger charge is 2.26. The fraction of sp³-hybridized carbons (Fsp3) is 0.696. The Morgan fingerprint density at radius 1 is 1.00 bits per heavy atom. The van der Waals surface area contributed by atoms with Gasteiger partial charge < -0.3 is 11.1 Å². The van der Waals surface area contributed by atoms with E-state index < -0.39 is 0 Å². The second-order valence-corrected chi connectivity index (χ2v) is 8.62. The summed E-state index contributed by atoms with van der Waals surface area (Å²) >= 11 is 0. The van der Waals surface area contributed by atoms with Crippen LogP contribution in [0, 0.1) is 11.3 Å². The number of nitrogens with one attached hydrogen (secondary N) is 1. The summed E-state index contributed by atoms with van der Waals surface area (Å²) in [6.45, 7) is 9.12. The van der Waals surface area contributed by atoms with Gasteiger partial charge in [0.25, 0.3) is 0 Å². The molecule has 3 nitrogen and oxygen atoms in total. The van der Waals surface area contributed by atoms with Crippen LogP contribution in [0.1, 0.15) is 84.6 Å². The summed E-state index contributed by atoms with van der Waals surface area (Å²) in [5.74, 6) is 0.745. The third-order valence-electron chi connectivity index (χ3n) is 5.36. The van der Waals surface area contributed by atoms with Crippen LogP contribution < -0.4 is 11.1 Å². The molecule has 3 heteroatoms. The molecule has 0 aliphatic carbocycles. The van der Waals surface area contributed by atoms with E-state index in [4.69, 9.17) is 5.73 Å². The van der Waals surface area contributed by atoms with Crippen LogP contribution in [-0.4, -0.2) is 11.9 Å². The van der Waals surface area contributed by atoms with Crippen molar-refractivity contribution in [1.29, 1.82) is 0 Å². The predicted octanol–water partition coefficient (Wildman–Crippen LogP) is 5.43. The molecule has 0 aromatic heterocycles. The Bertz CT molecular complexity index is 496. The predicted molar refractivity (Wildman–Crippen MR) is 112 cm³/mol. The van der Waals surface area contributed by atoms with Gasteiger partial charge in [-0.3, -0.25) is 4.79 Å². The molecule has 1 aromatic rings. The normalized spacial score (nSPS) is 13.0. The van der Waals surface area contributed by atoms with Crippen LogP contribution in [0.5, 0.6) is 0 Å². The molecule has 3 N–H and O–H groups in total. The van der Waals surface area contributed by atoms with E-state index in [0.717, 1.165) is 24.8 Å². The lowest BCUT2D eigenvalue weighted by Crippen LogP contribution is -2.36. The Labute approximate surface area is 161 Å². The van der Waals surface area contributed by atoms with E-state index in [1.807, 2.05) is 30.3 Å². The van der Waals surface area contributed by atoms with Crippen LogP contribution in [0.4, 0.5) is 0 Å². The summed E-state index contributed by atoms with van der Waals surface area (Å²) in [4.78, 5) is 12.4. The number of carbonyl (C=O) groups is 1. The van der Waals surface area contributed by atoms with Crippen LogP contribution in [0.25, 0.3) is 0 Å². The average Bonchev–Trinajstić information content (AvgIpc) is 2.62. The number of benzene rings is 1. The molecular formula is C23H40N2O. The number of hydrogen-bond acceptors (Lipinski definition) is 2. The van der Waals surface area contributed by atoms with Crippen LogP contribution >= 0.6 is 0 Å². The molecular weight excluding hydrogens is 320 g/mol. The number of rotatable bonds is 13. The fourth-order valence-electron chi connectivity index (χ4n) is 3.12. The Morgan fingerprint density at radius 2 is 1.58 bits per heavy atom. The quantitative estimate of drug-likeness (QED) is 0.461. The molecule has 0 heterocycles. The first-order valence-electron chi connectivity index (χ1n) is 10.4. The van der Waals surface area contributed by atoms with Crippen molar-refractivity contribution in [2.45, 2.75) is 91.6 Å². The first-order chi connectivity index (χ1) is 12.3. The van der Waals surface area contributed by atoms with Crippen LogP contribution in [-0.2, 0) is 11.3 Å². The van der Waals surface area contributed by atoms with Crippen molar-refractivity contribution in [3.8, 4) is 0 Å². The largest absolute Gasteiger partial charge is 0.352 e. The number of nitrogens with two attached hydrogens (primary N) is 1. The minimum atomic E-state index is -0.293. The summed E-state index contributed by atoms with van der Waals surface area (Å²) in [5, 5.41) is 3.08. The third kappa shape index (κ3) is 9.38. The van der Waals surface area contributed by atoms with Gasteiger partial charge in [-0.05, 0) is 24.3 Å². The molecule has 0 fully saturated rings.